The molecule has 3 heterocycles. The van der Waals surface area contributed by atoms with E-state index in [1.807, 2.05) is 6.07 Å². The van der Waals surface area contributed by atoms with Crippen molar-refractivity contribution in [1.82, 2.24) is 23.3 Å². The van der Waals surface area contributed by atoms with Gasteiger partial charge in [-0.1, -0.05) is 32.4 Å². The van der Waals surface area contributed by atoms with Crippen LogP contribution < -0.4 is 27.0 Å². The molecule has 1 N–H and O–H groups in total. The van der Waals surface area contributed by atoms with Crippen molar-refractivity contribution in [3.8, 4) is 17.0 Å². The van der Waals surface area contributed by atoms with Gasteiger partial charge in [-0.15, -0.1) is 11.3 Å². The van der Waals surface area contributed by atoms with E-state index in [0.29, 0.717) is 28.2 Å². The van der Waals surface area contributed by atoms with Crippen LogP contribution >= 0.6 is 22.9 Å². The van der Waals surface area contributed by atoms with Crippen LogP contribution in [0.1, 0.15) is 20.8 Å². The molecule has 4 rings (SSSR count). The molecule has 0 saturated heterocycles. The van der Waals surface area contributed by atoms with Crippen LogP contribution in [-0.4, -0.2) is 35.8 Å². The van der Waals surface area contributed by atoms with Gasteiger partial charge in [-0.25, -0.2) is 14.6 Å². The maximum Gasteiger partial charge on any atom is 0.332 e. The smallest absolute Gasteiger partial charge is 0.332 e. The van der Waals surface area contributed by atoms with Crippen molar-refractivity contribution < 1.29 is 9.53 Å². The summed E-state index contributed by atoms with van der Waals surface area (Å²) in [6, 6.07) is 5.36. The molecule has 0 aliphatic heterocycles. The highest BCUT2D eigenvalue weighted by Gasteiger charge is 2.21. The normalized spacial score (nSPS) is 11.8. The second kappa shape index (κ2) is 9.67. The molecular formula is C24H27ClN6O5S. The lowest BCUT2D eigenvalue weighted by Gasteiger charge is -2.19. The van der Waals surface area contributed by atoms with E-state index in [2.05, 4.69) is 31.1 Å². The zero-order valence-electron chi connectivity index (χ0n) is 21.3. The number of rotatable bonds is 6. The summed E-state index contributed by atoms with van der Waals surface area (Å²) >= 11 is 7.61. The first-order valence-corrected chi connectivity index (χ1v) is 12.6. The summed E-state index contributed by atoms with van der Waals surface area (Å²) in [5, 5.41) is 5.21. The number of carbonyl (C=O) groups is 1. The second-order valence-corrected chi connectivity index (χ2v) is 11.2. The summed E-state index contributed by atoms with van der Waals surface area (Å²) in [6.07, 6.45) is 0. The Balaban J connectivity index is 1.55. The van der Waals surface area contributed by atoms with Crippen molar-refractivity contribution in [3.05, 3.63) is 59.9 Å². The third kappa shape index (κ3) is 5.12. The van der Waals surface area contributed by atoms with Crippen molar-refractivity contribution >= 4 is 45.1 Å². The Hall–Kier alpha value is -3.64. The highest BCUT2D eigenvalue weighted by Crippen LogP contribution is 2.32. The minimum atomic E-state index is -0.660. The molecule has 196 valence electrons. The number of amides is 1. The number of hydrogen-bond acceptors (Lipinski definition) is 7. The molecule has 0 bridgehead atoms. The van der Waals surface area contributed by atoms with E-state index < -0.39 is 29.4 Å². The lowest BCUT2D eigenvalue weighted by atomic mass is 9.99. The molecule has 0 saturated carbocycles. The lowest BCUT2D eigenvalue weighted by molar-refractivity contribution is -0.116. The predicted molar refractivity (Wildman–Crippen MR) is 144 cm³/mol. The molecule has 11 nitrogen and oxygen atoms in total. The van der Waals surface area contributed by atoms with Crippen molar-refractivity contribution in [2.75, 3.05) is 11.9 Å². The Labute approximate surface area is 220 Å². The number of halogens is 1. The minimum absolute atomic E-state index is 0.00916. The van der Waals surface area contributed by atoms with Crippen LogP contribution in [0, 0.1) is 5.41 Å². The second-order valence-electron chi connectivity index (χ2n) is 9.89. The summed E-state index contributed by atoms with van der Waals surface area (Å²) in [7, 11) is 4.22. The van der Waals surface area contributed by atoms with Gasteiger partial charge in [0.25, 0.3) is 5.56 Å². The number of carbonyl (C=O) groups excluding carboxylic acids is 1. The number of aryl methyl sites for hydroxylation is 2. The molecule has 0 atom stereocenters. The molecule has 0 fully saturated rings. The average Bonchev–Trinajstić information content (AvgIpc) is 3.38. The number of nitrogens with one attached hydrogen (secondary N) is 1. The highest BCUT2D eigenvalue weighted by molar-refractivity contribution is 7.14. The number of fused-ring (bicyclic) bond motifs is 1. The predicted octanol–water partition coefficient (Wildman–Crippen LogP) is 2.58. The largest absolute Gasteiger partial charge is 0.491 e. The summed E-state index contributed by atoms with van der Waals surface area (Å²) in [5.41, 5.74) is -0.373. The van der Waals surface area contributed by atoms with E-state index >= 15 is 0 Å². The molecule has 1 amide bonds. The van der Waals surface area contributed by atoms with Gasteiger partial charge < -0.3 is 10.1 Å². The fourth-order valence-corrected chi connectivity index (χ4v) is 4.76. The zero-order valence-corrected chi connectivity index (χ0v) is 22.9. The Morgan fingerprint density at radius 3 is 2.41 bits per heavy atom. The number of thiazole rings is 1. The quantitative estimate of drug-likeness (QED) is 0.396. The molecule has 4 aromatic rings. The van der Waals surface area contributed by atoms with E-state index in [1.54, 1.807) is 17.5 Å². The molecule has 3 aromatic heterocycles. The van der Waals surface area contributed by atoms with Gasteiger partial charge in [0.15, 0.2) is 16.3 Å². The van der Waals surface area contributed by atoms with Gasteiger partial charge in [0.05, 0.1) is 17.3 Å². The molecule has 0 aliphatic rings. The standard InChI is InChI=1S/C24H27ClN6O5S/c1-24(2,3)12-36-16-8-7-13(9-14(16)25)15-11-37-21(26-15)27-17(32)10-31-18-19(29(5)23(31)35)28(4)22(34)30(6)20(18)33/h7-9,11H,10,12H2,1-6H3,(H,26,27,32). The van der Waals surface area contributed by atoms with Gasteiger partial charge in [0.1, 0.15) is 12.3 Å². The van der Waals surface area contributed by atoms with Crippen LogP contribution in [0.4, 0.5) is 5.13 Å². The Bertz CT molecular complexity index is 1700. The maximum absolute atomic E-state index is 12.8. The third-order valence-corrected chi connectivity index (χ3v) is 6.71. The van der Waals surface area contributed by atoms with Crippen molar-refractivity contribution in [2.24, 2.45) is 26.6 Å². The molecular weight excluding hydrogens is 520 g/mol. The summed E-state index contributed by atoms with van der Waals surface area (Å²) in [6.45, 7) is 6.29. The topological polar surface area (TPSA) is 122 Å². The minimum Gasteiger partial charge on any atom is -0.491 e. The SMILES string of the molecule is Cn1c(=O)c2c(n(C)c1=O)n(C)c(=O)n2CC(=O)Nc1nc(-c2ccc(OCC(C)(C)C)c(Cl)c2)cs1. The Morgan fingerprint density at radius 1 is 1.08 bits per heavy atom. The van der Waals surface area contributed by atoms with E-state index in [-0.39, 0.29) is 16.6 Å². The number of benzene rings is 1. The highest BCUT2D eigenvalue weighted by atomic mass is 35.5. The van der Waals surface area contributed by atoms with Crippen LogP contribution in [0.2, 0.25) is 5.02 Å². The molecule has 0 radical (unpaired) electrons. The van der Waals surface area contributed by atoms with Crippen LogP contribution in [-0.2, 0) is 32.5 Å². The Morgan fingerprint density at radius 2 is 1.76 bits per heavy atom. The van der Waals surface area contributed by atoms with E-state index in [4.69, 9.17) is 16.3 Å². The average molecular weight is 547 g/mol. The molecule has 0 spiro atoms. The van der Waals surface area contributed by atoms with Crippen molar-refractivity contribution in [1.29, 1.82) is 0 Å². The van der Waals surface area contributed by atoms with E-state index in [9.17, 15) is 19.2 Å². The van der Waals surface area contributed by atoms with E-state index in [0.717, 1.165) is 14.7 Å². The van der Waals surface area contributed by atoms with Gasteiger partial charge in [-0.3, -0.25) is 27.9 Å². The van der Waals surface area contributed by atoms with Gasteiger partial charge in [-0.05, 0) is 23.6 Å². The van der Waals surface area contributed by atoms with Crippen molar-refractivity contribution in [2.45, 2.75) is 27.3 Å². The fraction of sp³-hybridized carbons (Fsp3) is 0.375. The van der Waals surface area contributed by atoms with E-state index in [1.165, 1.54) is 41.6 Å². The molecule has 0 aliphatic carbocycles. The van der Waals surface area contributed by atoms with Gasteiger partial charge in [0.2, 0.25) is 5.91 Å². The monoisotopic (exact) mass is 546 g/mol. The summed E-state index contributed by atoms with van der Waals surface area (Å²) in [4.78, 5) is 55.1. The Kier molecular flexibility index (Phi) is 6.91. The van der Waals surface area contributed by atoms with Crippen molar-refractivity contribution in [3.63, 3.8) is 0 Å². The first-order valence-electron chi connectivity index (χ1n) is 11.3. The van der Waals surface area contributed by atoms with Gasteiger partial charge >= 0.3 is 11.4 Å². The number of imidazole rings is 1. The summed E-state index contributed by atoms with van der Waals surface area (Å²) in [5.74, 6) is 0.0311. The number of anilines is 1. The number of aromatic nitrogens is 5. The maximum atomic E-state index is 12.8. The first kappa shape index (κ1) is 26.4. The number of ether oxygens (including phenoxy) is 1. The first-order chi connectivity index (χ1) is 17.3. The lowest BCUT2D eigenvalue weighted by Crippen LogP contribution is -2.38. The molecule has 37 heavy (non-hydrogen) atoms. The zero-order chi connectivity index (χ0) is 27.2. The van der Waals surface area contributed by atoms with Crippen LogP contribution in [0.5, 0.6) is 5.75 Å². The van der Waals surface area contributed by atoms with Crippen LogP contribution in [0.15, 0.2) is 38.0 Å². The molecule has 1 aromatic carbocycles. The van der Waals surface area contributed by atoms with Crippen LogP contribution in [0.3, 0.4) is 0 Å². The van der Waals surface area contributed by atoms with Gasteiger partial charge in [0, 0.05) is 32.1 Å². The fourth-order valence-electron chi connectivity index (χ4n) is 3.79. The number of hydrogen-bond donors (Lipinski definition) is 1. The summed E-state index contributed by atoms with van der Waals surface area (Å²) < 4.78 is 10.1. The van der Waals surface area contributed by atoms with Gasteiger partial charge in [-0.2, -0.15) is 0 Å². The third-order valence-electron chi connectivity index (χ3n) is 5.66. The number of nitrogens with zero attached hydrogens (tertiary/aromatic N) is 5. The molecule has 13 heteroatoms. The van der Waals surface area contributed by atoms with Crippen LogP contribution in [0.25, 0.3) is 22.4 Å². The molecule has 0 unspecified atom stereocenters.